The Bertz CT molecular complexity index is 393. The fraction of sp³-hybridized carbons (Fsp3) is 0.846. The van der Waals surface area contributed by atoms with Gasteiger partial charge in [0, 0.05) is 12.6 Å². The second kappa shape index (κ2) is 4.88. The molecule has 0 amide bonds. The van der Waals surface area contributed by atoms with E-state index in [0.29, 0.717) is 29.9 Å². The first-order valence-corrected chi connectivity index (χ1v) is 7.03. The molecule has 2 saturated carbocycles. The summed E-state index contributed by atoms with van der Waals surface area (Å²) in [7, 11) is 0. The van der Waals surface area contributed by atoms with Crippen LogP contribution < -0.4 is 10.6 Å². The van der Waals surface area contributed by atoms with Crippen LogP contribution in [-0.4, -0.2) is 22.8 Å². The third-order valence-corrected chi connectivity index (χ3v) is 4.06. The molecule has 0 aromatic carbocycles. The first-order valence-electron chi connectivity index (χ1n) is 7.03. The lowest BCUT2D eigenvalue weighted by atomic mass is 9.89. The Balaban J connectivity index is 1.46. The van der Waals surface area contributed by atoms with Crippen molar-refractivity contribution in [3.05, 3.63) is 5.89 Å². The van der Waals surface area contributed by atoms with Crippen LogP contribution in [0.4, 0.5) is 6.01 Å². The highest BCUT2D eigenvalue weighted by atomic mass is 16.4. The number of nitrogens with zero attached hydrogens (tertiary/aromatic N) is 2. The fourth-order valence-corrected chi connectivity index (χ4v) is 2.61. The predicted molar refractivity (Wildman–Crippen MR) is 69.2 cm³/mol. The lowest BCUT2D eigenvalue weighted by Gasteiger charge is -2.22. The molecule has 2 fully saturated rings. The lowest BCUT2D eigenvalue weighted by Crippen LogP contribution is -2.23. The van der Waals surface area contributed by atoms with E-state index >= 15 is 0 Å². The average Bonchev–Trinajstić information content (AvgIpc) is 2.91. The quantitative estimate of drug-likeness (QED) is 0.811. The largest absolute Gasteiger partial charge is 0.407 e. The highest BCUT2D eigenvalue weighted by Gasteiger charge is 2.28. The van der Waals surface area contributed by atoms with Gasteiger partial charge in [0.05, 0.1) is 6.54 Å². The molecule has 5 heteroatoms. The first-order chi connectivity index (χ1) is 8.73. The van der Waals surface area contributed by atoms with E-state index in [4.69, 9.17) is 4.42 Å². The number of hydrogen-bond donors (Lipinski definition) is 2. The number of anilines is 1. The molecule has 0 aliphatic heterocycles. The van der Waals surface area contributed by atoms with Gasteiger partial charge < -0.3 is 15.1 Å². The maximum Gasteiger partial charge on any atom is 0.315 e. The summed E-state index contributed by atoms with van der Waals surface area (Å²) in [5, 5.41) is 14.7. The average molecular weight is 250 g/mol. The second-order valence-corrected chi connectivity index (χ2v) is 6.03. The topological polar surface area (TPSA) is 63.0 Å². The van der Waals surface area contributed by atoms with Gasteiger partial charge in [-0.05, 0) is 31.1 Å². The summed E-state index contributed by atoms with van der Waals surface area (Å²) in [6, 6.07) is 1.24. The van der Waals surface area contributed by atoms with E-state index in [1.54, 1.807) is 0 Å². The summed E-state index contributed by atoms with van der Waals surface area (Å²) in [6.45, 7) is 3.96. The minimum Gasteiger partial charge on any atom is -0.407 e. The maximum atomic E-state index is 5.57. The van der Waals surface area contributed by atoms with Crippen LogP contribution in [-0.2, 0) is 6.54 Å². The molecule has 0 unspecified atom stereocenters. The molecule has 1 aromatic rings. The van der Waals surface area contributed by atoms with E-state index in [0.717, 1.165) is 6.54 Å². The molecule has 3 rings (SSSR count). The van der Waals surface area contributed by atoms with Crippen LogP contribution in [0.2, 0.25) is 0 Å². The molecule has 0 saturated heterocycles. The molecule has 2 aliphatic carbocycles. The molecular formula is C13H22N4O. The van der Waals surface area contributed by atoms with Crippen LogP contribution in [0.5, 0.6) is 0 Å². The minimum atomic E-state index is 0.404. The molecule has 2 N–H and O–H groups in total. The number of rotatable bonds is 6. The van der Waals surface area contributed by atoms with Gasteiger partial charge in [0.15, 0.2) is 0 Å². The zero-order valence-corrected chi connectivity index (χ0v) is 11.0. The Hall–Kier alpha value is -1.10. The normalized spacial score (nSPS) is 22.3. The molecule has 18 heavy (non-hydrogen) atoms. The molecule has 2 aliphatic rings. The smallest absolute Gasteiger partial charge is 0.315 e. The van der Waals surface area contributed by atoms with Crippen molar-refractivity contribution in [2.75, 3.05) is 11.9 Å². The Morgan fingerprint density at radius 1 is 1.28 bits per heavy atom. The second-order valence-electron chi connectivity index (χ2n) is 6.03. The molecule has 0 atom stereocenters. The summed E-state index contributed by atoms with van der Waals surface area (Å²) < 4.78 is 5.57. The number of aromatic nitrogens is 2. The fourth-order valence-electron chi connectivity index (χ4n) is 2.61. The van der Waals surface area contributed by atoms with Crippen LogP contribution >= 0.6 is 0 Å². The van der Waals surface area contributed by atoms with Crippen molar-refractivity contribution in [2.24, 2.45) is 5.41 Å². The van der Waals surface area contributed by atoms with E-state index in [2.05, 4.69) is 27.8 Å². The molecular weight excluding hydrogens is 228 g/mol. The lowest BCUT2D eigenvalue weighted by molar-refractivity contribution is 0.356. The van der Waals surface area contributed by atoms with Crippen LogP contribution in [0.15, 0.2) is 4.42 Å². The molecule has 5 nitrogen and oxygen atoms in total. The van der Waals surface area contributed by atoms with Crippen molar-refractivity contribution in [2.45, 2.75) is 58.0 Å². The van der Waals surface area contributed by atoms with Crippen molar-refractivity contribution in [3.8, 4) is 0 Å². The zero-order chi connectivity index (χ0) is 12.4. The van der Waals surface area contributed by atoms with Crippen molar-refractivity contribution >= 4 is 6.01 Å². The van der Waals surface area contributed by atoms with E-state index in [9.17, 15) is 0 Å². The SMILES string of the molecule is CC1(CNc2nnc(CNC3CC3)o2)CCCC1. The molecule has 100 valence electrons. The van der Waals surface area contributed by atoms with Crippen LogP contribution in [0.1, 0.15) is 51.3 Å². The monoisotopic (exact) mass is 250 g/mol. The van der Waals surface area contributed by atoms with E-state index in [1.165, 1.54) is 38.5 Å². The summed E-state index contributed by atoms with van der Waals surface area (Å²) in [4.78, 5) is 0. The van der Waals surface area contributed by atoms with Gasteiger partial charge in [-0.15, -0.1) is 5.10 Å². The summed E-state index contributed by atoms with van der Waals surface area (Å²) in [5.41, 5.74) is 0.404. The highest BCUT2D eigenvalue weighted by Crippen LogP contribution is 2.37. The molecule has 0 bridgehead atoms. The Kier molecular flexibility index (Phi) is 3.24. The highest BCUT2D eigenvalue weighted by molar-refractivity contribution is 5.18. The van der Waals surface area contributed by atoms with E-state index < -0.39 is 0 Å². The van der Waals surface area contributed by atoms with Crippen molar-refractivity contribution in [1.29, 1.82) is 0 Å². The molecule has 1 heterocycles. The van der Waals surface area contributed by atoms with Crippen LogP contribution in [0, 0.1) is 5.41 Å². The summed E-state index contributed by atoms with van der Waals surface area (Å²) in [5.74, 6) is 0.681. The Labute approximate surface area is 108 Å². The first kappa shape index (κ1) is 12.0. The van der Waals surface area contributed by atoms with E-state index in [1.807, 2.05) is 0 Å². The Morgan fingerprint density at radius 2 is 2.06 bits per heavy atom. The third-order valence-electron chi connectivity index (χ3n) is 4.06. The maximum absolute atomic E-state index is 5.57. The standard InChI is InChI=1S/C13H22N4O/c1-13(6-2-3-7-13)9-15-12-17-16-11(18-12)8-14-10-4-5-10/h10,14H,2-9H2,1H3,(H,15,17). The third kappa shape index (κ3) is 3.02. The summed E-state index contributed by atoms with van der Waals surface area (Å²) >= 11 is 0. The van der Waals surface area contributed by atoms with Crippen LogP contribution in [0.25, 0.3) is 0 Å². The molecule has 1 aromatic heterocycles. The number of nitrogens with one attached hydrogen (secondary N) is 2. The Morgan fingerprint density at radius 3 is 2.78 bits per heavy atom. The zero-order valence-electron chi connectivity index (χ0n) is 11.0. The van der Waals surface area contributed by atoms with Gasteiger partial charge in [-0.2, -0.15) is 0 Å². The van der Waals surface area contributed by atoms with Gasteiger partial charge in [0.25, 0.3) is 0 Å². The number of hydrogen-bond acceptors (Lipinski definition) is 5. The predicted octanol–water partition coefficient (Wildman–Crippen LogP) is 2.31. The van der Waals surface area contributed by atoms with Crippen LogP contribution in [0.3, 0.4) is 0 Å². The molecule has 0 spiro atoms. The minimum absolute atomic E-state index is 0.404. The van der Waals surface area contributed by atoms with E-state index in [-0.39, 0.29) is 0 Å². The van der Waals surface area contributed by atoms with Gasteiger partial charge in [0.1, 0.15) is 0 Å². The van der Waals surface area contributed by atoms with Gasteiger partial charge in [-0.1, -0.05) is 24.9 Å². The van der Waals surface area contributed by atoms with Gasteiger partial charge in [-0.3, -0.25) is 0 Å². The van der Waals surface area contributed by atoms with Gasteiger partial charge in [0.2, 0.25) is 5.89 Å². The van der Waals surface area contributed by atoms with Gasteiger partial charge >= 0.3 is 6.01 Å². The van der Waals surface area contributed by atoms with Crippen molar-refractivity contribution in [3.63, 3.8) is 0 Å². The van der Waals surface area contributed by atoms with Crippen molar-refractivity contribution in [1.82, 2.24) is 15.5 Å². The molecule has 0 radical (unpaired) electrons. The van der Waals surface area contributed by atoms with Gasteiger partial charge in [-0.25, -0.2) is 0 Å². The van der Waals surface area contributed by atoms with Crippen molar-refractivity contribution < 1.29 is 4.42 Å². The summed E-state index contributed by atoms with van der Waals surface area (Å²) in [6.07, 6.45) is 7.83.